The van der Waals surface area contributed by atoms with Gasteiger partial charge in [0.1, 0.15) is 5.82 Å². The Labute approximate surface area is 139 Å². The van der Waals surface area contributed by atoms with Crippen LogP contribution in [-0.2, 0) is 16.1 Å². The fraction of sp³-hybridized carbons (Fsp3) is 0.471. The van der Waals surface area contributed by atoms with Crippen molar-refractivity contribution < 1.29 is 14.6 Å². The lowest BCUT2D eigenvalue weighted by Gasteiger charge is -2.31. The summed E-state index contributed by atoms with van der Waals surface area (Å²) in [6.07, 6.45) is 0.826. The van der Waals surface area contributed by atoms with Gasteiger partial charge < -0.3 is 20.1 Å². The van der Waals surface area contributed by atoms with Crippen molar-refractivity contribution in [3.8, 4) is 0 Å². The van der Waals surface area contributed by atoms with Crippen LogP contribution in [0.1, 0.15) is 25.1 Å². The highest BCUT2D eigenvalue weighted by molar-refractivity contribution is 5.79. The van der Waals surface area contributed by atoms with E-state index in [-0.39, 0.29) is 30.0 Å². The van der Waals surface area contributed by atoms with E-state index in [0.29, 0.717) is 36.0 Å². The number of methoxy groups -OCH3 is 1. The van der Waals surface area contributed by atoms with Crippen molar-refractivity contribution >= 4 is 16.8 Å². The predicted molar refractivity (Wildman–Crippen MR) is 88.4 cm³/mol. The van der Waals surface area contributed by atoms with E-state index in [1.807, 2.05) is 6.07 Å². The van der Waals surface area contributed by atoms with Crippen LogP contribution in [0.2, 0.25) is 0 Å². The summed E-state index contributed by atoms with van der Waals surface area (Å²) in [6, 6.07) is 7.07. The molecule has 3 rings (SSSR count). The van der Waals surface area contributed by atoms with E-state index in [1.165, 1.54) is 7.11 Å². The molecule has 128 valence electrons. The second-order valence-corrected chi connectivity index (χ2v) is 6.10. The lowest BCUT2D eigenvalue weighted by Crippen LogP contribution is -2.41. The van der Waals surface area contributed by atoms with E-state index >= 15 is 0 Å². The number of aromatic nitrogens is 2. The highest BCUT2D eigenvalue weighted by Gasteiger charge is 2.32. The number of hydrogen-bond acceptors (Lipinski definition) is 5. The smallest absolute Gasteiger partial charge is 0.258 e. The van der Waals surface area contributed by atoms with Gasteiger partial charge in [-0.1, -0.05) is 12.1 Å². The Morgan fingerprint density at radius 3 is 3.00 bits per heavy atom. The first-order chi connectivity index (χ1) is 11.6. The average Bonchev–Trinajstić information content (AvgIpc) is 2.60. The van der Waals surface area contributed by atoms with E-state index in [0.717, 1.165) is 0 Å². The summed E-state index contributed by atoms with van der Waals surface area (Å²) in [7, 11) is 1.54. The molecule has 1 aromatic carbocycles. The van der Waals surface area contributed by atoms with E-state index < -0.39 is 6.10 Å². The van der Waals surface area contributed by atoms with Crippen LogP contribution >= 0.6 is 0 Å². The second-order valence-electron chi connectivity index (χ2n) is 6.10. The Kier molecular flexibility index (Phi) is 4.92. The zero-order valence-corrected chi connectivity index (χ0v) is 13.5. The van der Waals surface area contributed by atoms with Gasteiger partial charge in [0.25, 0.3) is 5.56 Å². The van der Waals surface area contributed by atoms with E-state index in [4.69, 9.17) is 4.74 Å². The number of hydrogen-bond donors (Lipinski definition) is 3. The molecule has 0 aliphatic heterocycles. The summed E-state index contributed by atoms with van der Waals surface area (Å²) < 4.78 is 5.22. The topological polar surface area (TPSA) is 104 Å². The van der Waals surface area contributed by atoms with Crippen LogP contribution in [0.25, 0.3) is 10.9 Å². The second kappa shape index (κ2) is 7.11. The van der Waals surface area contributed by atoms with Crippen molar-refractivity contribution in [3.05, 3.63) is 40.4 Å². The normalized spacial score (nSPS) is 24.0. The lowest BCUT2D eigenvalue weighted by molar-refractivity contribution is -0.130. The van der Waals surface area contributed by atoms with Crippen molar-refractivity contribution in [1.82, 2.24) is 15.3 Å². The first-order valence-electron chi connectivity index (χ1n) is 8.05. The first kappa shape index (κ1) is 16.6. The van der Waals surface area contributed by atoms with Crippen LogP contribution in [0.4, 0.5) is 0 Å². The van der Waals surface area contributed by atoms with Gasteiger partial charge in [0.05, 0.1) is 29.7 Å². The van der Waals surface area contributed by atoms with Crippen LogP contribution in [-0.4, -0.2) is 40.3 Å². The molecule has 0 spiro atoms. The molecule has 24 heavy (non-hydrogen) atoms. The fourth-order valence-corrected chi connectivity index (χ4v) is 3.14. The standard InChI is InChI=1S/C17H21N3O4/c1-24-14-8-10(6-7-13(14)21)16(22)18-9-15-19-12-5-3-2-4-11(12)17(23)20-15/h2-5,10,13-14,21H,6-9H2,1H3,(H,18,22)(H,19,20,23)/t10-,13+,14-/m1/s1. The number of ether oxygens (including phenoxy) is 1. The van der Waals surface area contributed by atoms with E-state index in [9.17, 15) is 14.7 Å². The average molecular weight is 331 g/mol. The largest absolute Gasteiger partial charge is 0.390 e. The number of para-hydroxylation sites is 1. The first-order valence-corrected chi connectivity index (χ1v) is 8.05. The van der Waals surface area contributed by atoms with Gasteiger partial charge >= 0.3 is 0 Å². The van der Waals surface area contributed by atoms with Gasteiger partial charge in [-0.2, -0.15) is 0 Å². The minimum Gasteiger partial charge on any atom is -0.390 e. The van der Waals surface area contributed by atoms with Gasteiger partial charge in [-0.15, -0.1) is 0 Å². The van der Waals surface area contributed by atoms with Gasteiger partial charge in [-0.25, -0.2) is 4.98 Å². The van der Waals surface area contributed by atoms with Gasteiger partial charge in [-0.05, 0) is 31.4 Å². The lowest BCUT2D eigenvalue weighted by atomic mass is 9.84. The monoisotopic (exact) mass is 331 g/mol. The molecule has 0 unspecified atom stereocenters. The quantitative estimate of drug-likeness (QED) is 0.765. The molecule has 1 aromatic heterocycles. The maximum Gasteiger partial charge on any atom is 0.258 e. The minimum absolute atomic E-state index is 0.111. The minimum atomic E-state index is -0.516. The van der Waals surface area contributed by atoms with Crippen molar-refractivity contribution in [1.29, 1.82) is 0 Å². The molecule has 0 radical (unpaired) electrons. The molecule has 7 nitrogen and oxygen atoms in total. The van der Waals surface area contributed by atoms with Crippen LogP contribution in [0, 0.1) is 5.92 Å². The summed E-state index contributed by atoms with van der Waals surface area (Å²) in [4.78, 5) is 31.4. The van der Waals surface area contributed by atoms with Crippen LogP contribution < -0.4 is 10.9 Å². The molecule has 1 aliphatic rings. The Hall–Kier alpha value is -2.25. The molecule has 1 heterocycles. The maximum atomic E-state index is 12.3. The molecular weight excluding hydrogens is 310 g/mol. The molecule has 0 saturated heterocycles. The third-order valence-electron chi connectivity index (χ3n) is 4.52. The van der Waals surface area contributed by atoms with Crippen molar-refractivity contribution in [2.45, 2.75) is 38.0 Å². The number of carbonyl (C=O) groups is 1. The number of fused-ring (bicyclic) bond motifs is 1. The number of amides is 1. The number of H-pyrrole nitrogens is 1. The Morgan fingerprint density at radius 1 is 1.42 bits per heavy atom. The zero-order valence-electron chi connectivity index (χ0n) is 13.5. The summed E-state index contributed by atoms with van der Waals surface area (Å²) in [5.41, 5.74) is 0.385. The molecule has 2 aromatic rings. The molecule has 0 bridgehead atoms. The molecule has 3 N–H and O–H groups in total. The van der Waals surface area contributed by atoms with E-state index in [2.05, 4.69) is 15.3 Å². The molecule has 7 heteroatoms. The number of nitrogens with one attached hydrogen (secondary N) is 2. The summed E-state index contributed by atoms with van der Waals surface area (Å²) in [6.45, 7) is 0.162. The van der Waals surface area contributed by atoms with Crippen LogP contribution in [0.15, 0.2) is 29.1 Å². The van der Waals surface area contributed by atoms with Gasteiger partial charge in [0.2, 0.25) is 5.91 Å². The highest BCUT2D eigenvalue weighted by Crippen LogP contribution is 2.26. The molecule has 3 atom stereocenters. The summed E-state index contributed by atoms with van der Waals surface area (Å²) >= 11 is 0. The number of carbonyl (C=O) groups excluding carboxylic acids is 1. The van der Waals surface area contributed by atoms with Gasteiger partial charge in [0, 0.05) is 13.0 Å². The van der Waals surface area contributed by atoms with Gasteiger partial charge in [-0.3, -0.25) is 9.59 Å². The molecule has 1 fully saturated rings. The number of aliphatic hydroxyl groups excluding tert-OH is 1. The maximum absolute atomic E-state index is 12.3. The summed E-state index contributed by atoms with van der Waals surface area (Å²) in [5, 5.41) is 13.1. The Balaban J connectivity index is 1.65. The molecule has 1 saturated carbocycles. The fourth-order valence-electron chi connectivity index (χ4n) is 3.14. The molecule has 1 amide bonds. The van der Waals surface area contributed by atoms with Crippen molar-refractivity contribution in [2.75, 3.05) is 7.11 Å². The molecular formula is C17H21N3O4. The SMILES string of the molecule is CO[C@@H]1C[C@H](C(=O)NCc2nc3ccccc3c(=O)[nH]2)CC[C@@H]1O. The van der Waals surface area contributed by atoms with Gasteiger partial charge in [0.15, 0.2) is 0 Å². The zero-order chi connectivity index (χ0) is 17.1. The number of rotatable bonds is 4. The predicted octanol–water partition coefficient (Wildman–Crippen LogP) is 0.715. The third-order valence-corrected chi connectivity index (χ3v) is 4.52. The van der Waals surface area contributed by atoms with E-state index in [1.54, 1.807) is 18.2 Å². The third kappa shape index (κ3) is 3.47. The Bertz CT molecular complexity index is 789. The van der Waals surface area contributed by atoms with Crippen LogP contribution in [0.5, 0.6) is 0 Å². The Morgan fingerprint density at radius 2 is 2.21 bits per heavy atom. The molecule has 1 aliphatic carbocycles. The number of aromatic amines is 1. The van der Waals surface area contributed by atoms with Crippen LogP contribution in [0.3, 0.4) is 0 Å². The number of benzene rings is 1. The summed E-state index contributed by atoms with van der Waals surface area (Å²) in [5.74, 6) is 0.108. The number of aliphatic hydroxyl groups is 1. The van der Waals surface area contributed by atoms with Crippen molar-refractivity contribution in [3.63, 3.8) is 0 Å². The van der Waals surface area contributed by atoms with Crippen molar-refractivity contribution in [2.24, 2.45) is 5.92 Å². The highest BCUT2D eigenvalue weighted by atomic mass is 16.5. The number of nitrogens with zero attached hydrogens (tertiary/aromatic N) is 1.